The van der Waals surface area contributed by atoms with Gasteiger partial charge in [0.1, 0.15) is 5.75 Å². The maximum Gasteiger partial charge on any atom is 0.118 e. The minimum absolute atomic E-state index is 0.0887. The van der Waals surface area contributed by atoms with E-state index in [4.69, 9.17) is 4.74 Å². The Morgan fingerprint density at radius 3 is 1.72 bits per heavy atom. The van der Waals surface area contributed by atoms with Crippen molar-refractivity contribution in [1.82, 2.24) is 9.97 Å². The number of nitrogens with one attached hydrogen (secondary N) is 2. The maximum absolute atomic E-state index is 5.37. The first-order chi connectivity index (χ1) is 14.1. The predicted octanol–water partition coefficient (Wildman–Crippen LogP) is 7.36. The van der Waals surface area contributed by atoms with Crippen LogP contribution in [0.15, 0.2) is 82.0 Å². The number of aromatic amines is 2. The van der Waals surface area contributed by atoms with E-state index in [0.717, 1.165) is 25.7 Å². The lowest BCUT2D eigenvalue weighted by atomic mass is 9.85. The van der Waals surface area contributed by atoms with Gasteiger partial charge in [0.15, 0.2) is 0 Å². The standard InChI is InChI=1S/C24H18Br2N2O/c1-29-17-6-2-14(3-7-17)24(20-12-27-22-10-15(25)4-8-18(20)22)21-13-28-23-11-16(26)5-9-19(21)23/h2-13,24,27-28H,1H3. The molecule has 3 aromatic carbocycles. The number of hydrogen-bond acceptors (Lipinski definition) is 1. The van der Waals surface area contributed by atoms with Crippen LogP contribution < -0.4 is 4.74 Å². The second-order valence-electron chi connectivity index (χ2n) is 7.07. The van der Waals surface area contributed by atoms with Crippen molar-refractivity contribution >= 4 is 53.7 Å². The molecule has 0 radical (unpaired) electrons. The molecule has 0 bridgehead atoms. The average molecular weight is 510 g/mol. The molecule has 0 fully saturated rings. The van der Waals surface area contributed by atoms with E-state index in [0.29, 0.717) is 0 Å². The summed E-state index contributed by atoms with van der Waals surface area (Å²) in [5.74, 6) is 0.948. The van der Waals surface area contributed by atoms with E-state index < -0.39 is 0 Å². The van der Waals surface area contributed by atoms with Gasteiger partial charge in [-0.25, -0.2) is 0 Å². The number of methoxy groups -OCH3 is 1. The molecular formula is C24H18Br2N2O. The van der Waals surface area contributed by atoms with Gasteiger partial charge in [-0.3, -0.25) is 0 Å². The van der Waals surface area contributed by atoms with Gasteiger partial charge in [-0.2, -0.15) is 0 Å². The van der Waals surface area contributed by atoms with Crippen LogP contribution in [0.1, 0.15) is 22.6 Å². The molecule has 0 amide bonds. The summed E-state index contributed by atoms with van der Waals surface area (Å²) in [7, 11) is 1.70. The Balaban J connectivity index is 1.76. The van der Waals surface area contributed by atoms with Crippen LogP contribution in [0.2, 0.25) is 0 Å². The summed E-state index contributed by atoms with van der Waals surface area (Å²) in [6, 6.07) is 21.1. The number of hydrogen-bond donors (Lipinski definition) is 2. The van der Waals surface area contributed by atoms with Gasteiger partial charge in [-0.15, -0.1) is 0 Å². The Hall–Kier alpha value is -2.50. The first kappa shape index (κ1) is 18.5. The van der Waals surface area contributed by atoms with Gasteiger partial charge >= 0.3 is 0 Å². The molecule has 5 rings (SSSR count). The fourth-order valence-corrected chi connectivity index (χ4v) is 4.76. The Bertz CT molecular complexity index is 1240. The number of ether oxygens (including phenoxy) is 1. The van der Waals surface area contributed by atoms with Crippen LogP contribution >= 0.6 is 31.9 Å². The van der Waals surface area contributed by atoms with Crippen LogP contribution in [-0.2, 0) is 0 Å². The number of fused-ring (bicyclic) bond motifs is 2. The zero-order chi connectivity index (χ0) is 20.0. The summed E-state index contributed by atoms with van der Waals surface area (Å²) in [6.07, 6.45) is 4.26. The molecule has 0 aliphatic rings. The molecule has 5 aromatic rings. The van der Waals surface area contributed by atoms with Crippen LogP contribution in [0.5, 0.6) is 5.75 Å². The molecule has 2 aromatic heterocycles. The van der Waals surface area contributed by atoms with E-state index in [1.54, 1.807) is 7.11 Å². The number of H-pyrrole nitrogens is 2. The minimum Gasteiger partial charge on any atom is -0.497 e. The predicted molar refractivity (Wildman–Crippen MR) is 126 cm³/mol. The normalized spacial score (nSPS) is 11.6. The van der Waals surface area contributed by atoms with Crippen molar-refractivity contribution in [2.24, 2.45) is 0 Å². The van der Waals surface area contributed by atoms with Crippen LogP contribution in [0.25, 0.3) is 21.8 Å². The van der Waals surface area contributed by atoms with Crippen LogP contribution in [-0.4, -0.2) is 17.1 Å². The highest BCUT2D eigenvalue weighted by atomic mass is 79.9. The van der Waals surface area contributed by atoms with Crippen molar-refractivity contribution in [1.29, 1.82) is 0 Å². The molecule has 3 nitrogen and oxygen atoms in total. The highest BCUT2D eigenvalue weighted by molar-refractivity contribution is 9.10. The Labute approximate surface area is 185 Å². The highest BCUT2D eigenvalue weighted by Gasteiger charge is 2.23. The smallest absolute Gasteiger partial charge is 0.118 e. The molecule has 0 unspecified atom stereocenters. The number of benzene rings is 3. The third kappa shape index (κ3) is 3.28. The first-order valence-electron chi connectivity index (χ1n) is 9.31. The molecule has 0 aliphatic carbocycles. The molecule has 0 aliphatic heterocycles. The second-order valence-corrected chi connectivity index (χ2v) is 8.91. The van der Waals surface area contributed by atoms with E-state index in [1.165, 1.54) is 27.5 Å². The van der Waals surface area contributed by atoms with Gasteiger partial charge in [0.05, 0.1) is 7.11 Å². The Morgan fingerprint density at radius 1 is 0.724 bits per heavy atom. The fourth-order valence-electron chi connectivity index (χ4n) is 4.04. The zero-order valence-corrected chi connectivity index (χ0v) is 18.8. The molecule has 29 heavy (non-hydrogen) atoms. The summed E-state index contributed by atoms with van der Waals surface area (Å²) in [5, 5.41) is 2.45. The van der Waals surface area contributed by atoms with Crippen molar-refractivity contribution in [3.05, 3.63) is 98.7 Å². The van der Waals surface area contributed by atoms with E-state index in [2.05, 4.69) is 103 Å². The number of aromatic nitrogens is 2. The lowest BCUT2D eigenvalue weighted by Crippen LogP contribution is -2.02. The van der Waals surface area contributed by atoms with Crippen LogP contribution in [0.3, 0.4) is 0 Å². The molecule has 0 saturated carbocycles. The molecule has 2 heterocycles. The van der Waals surface area contributed by atoms with Gasteiger partial charge < -0.3 is 14.7 Å². The molecule has 2 N–H and O–H groups in total. The third-order valence-electron chi connectivity index (χ3n) is 5.42. The average Bonchev–Trinajstić information content (AvgIpc) is 3.33. The molecule has 144 valence electrons. The van der Waals surface area contributed by atoms with Gasteiger partial charge in [0.25, 0.3) is 0 Å². The molecule has 5 heteroatoms. The number of rotatable bonds is 4. The quantitative estimate of drug-likeness (QED) is 0.261. The van der Waals surface area contributed by atoms with Crippen LogP contribution in [0, 0.1) is 0 Å². The number of halogens is 2. The van der Waals surface area contributed by atoms with E-state index in [1.807, 2.05) is 12.1 Å². The fraction of sp³-hybridized carbons (Fsp3) is 0.0833. The van der Waals surface area contributed by atoms with Crippen LogP contribution in [0.4, 0.5) is 0 Å². The van der Waals surface area contributed by atoms with Crippen molar-refractivity contribution in [3.63, 3.8) is 0 Å². The van der Waals surface area contributed by atoms with Crippen molar-refractivity contribution < 1.29 is 4.74 Å². The lowest BCUT2D eigenvalue weighted by Gasteiger charge is -2.18. The van der Waals surface area contributed by atoms with Gasteiger partial charge in [-0.05, 0) is 53.1 Å². The van der Waals surface area contributed by atoms with E-state index in [9.17, 15) is 0 Å². The molecule has 0 atom stereocenters. The minimum atomic E-state index is 0.0887. The summed E-state index contributed by atoms with van der Waals surface area (Å²) < 4.78 is 7.51. The Morgan fingerprint density at radius 2 is 1.24 bits per heavy atom. The molecule has 0 spiro atoms. The summed E-state index contributed by atoms with van der Waals surface area (Å²) in [5.41, 5.74) is 5.97. The first-order valence-corrected chi connectivity index (χ1v) is 10.9. The summed E-state index contributed by atoms with van der Waals surface area (Å²) in [6.45, 7) is 0. The topological polar surface area (TPSA) is 40.8 Å². The third-order valence-corrected chi connectivity index (χ3v) is 6.41. The largest absolute Gasteiger partial charge is 0.497 e. The SMILES string of the molecule is COc1ccc(C(c2c[nH]c3cc(Br)ccc23)c2c[nH]c3cc(Br)ccc23)cc1. The van der Waals surface area contributed by atoms with Crippen molar-refractivity contribution in [2.75, 3.05) is 7.11 Å². The Kier molecular flexibility index (Phi) is 4.72. The summed E-state index contributed by atoms with van der Waals surface area (Å²) in [4.78, 5) is 6.90. The molecular weight excluding hydrogens is 492 g/mol. The summed E-state index contributed by atoms with van der Waals surface area (Å²) >= 11 is 7.15. The van der Waals surface area contributed by atoms with Gasteiger partial charge in [-0.1, -0.05) is 56.1 Å². The van der Waals surface area contributed by atoms with Gasteiger partial charge in [0, 0.05) is 49.1 Å². The lowest BCUT2D eigenvalue weighted by molar-refractivity contribution is 0.414. The maximum atomic E-state index is 5.37. The zero-order valence-electron chi connectivity index (χ0n) is 15.7. The van der Waals surface area contributed by atoms with Gasteiger partial charge in [0.2, 0.25) is 0 Å². The van der Waals surface area contributed by atoms with E-state index >= 15 is 0 Å². The highest BCUT2D eigenvalue weighted by Crippen LogP contribution is 2.40. The molecule has 0 saturated heterocycles. The monoisotopic (exact) mass is 508 g/mol. The van der Waals surface area contributed by atoms with Crippen molar-refractivity contribution in [3.8, 4) is 5.75 Å². The second kappa shape index (κ2) is 7.39. The van der Waals surface area contributed by atoms with E-state index in [-0.39, 0.29) is 5.92 Å². The van der Waals surface area contributed by atoms with Crippen molar-refractivity contribution in [2.45, 2.75) is 5.92 Å².